The van der Waals surface area contributed by atoms with E-state index in [4.69, 9.17) is 18.0 Å². The van der Waals surface area contributed by atoms with Crippen molar-refractivity contribution in [2.45, 2.75) is 13.0 Å². The first-order chi connectivity index (χ1) is 6.15. The van der Waals surface area contributed by atoms with Crippen molar-refractivity contribution in [2.24, 2.45) is 0 Å². The molecule has 1 nitrogen and oxygen atoms in total. The van der Waals surface area contributed by atoms with Crippen LogP contribution in [0.15, 0.2) is 18.2 Å². The molecule has 1 aromatic carbocycles. The van der Waals surface area contributed by atoms with Crippen LogP contribution in [0.1, 0.15) is 6.92 Å². The lowest BCUT2D eigenvalue weighted by Crippen LogP contribution is -2.13. The average molecular weight is 198 g/mol. The fourth-order valence-corrected chi connectivity index (χ4v) is 1.06. The van der Waals surface area contributed by atoms with Crippen LogP contribution in [0.25, 0.3) is 0 Å². The van der Waals surface area contributed by atoms with Crippen LogP contribution in [0, 0.1) is 18.2 Å². The maximum absolute atomic E-state index is 13.2. The summed E-state index contributed by atoms with van der Waals surface area (Å²) in [6.45, 7) is 1.76. The van der Waals surface area contributed by atoms with Gasteiger partial charge in [0.1, 0.15) is 0 Å². The zero-order valence-electron chi connectivity index (χ0n) is 7.14. The molecule has 13 heavy (non-hydrogen) atoms. The SMILES string of the molecule is C#CC(C)Nc1cccc(Cl)c1F. The Morgan fingerprint density at radius 1 is 1.62 bits per heavy atom. The summed E-state index contributed by atoms with van der Waals surface area (Å²) < 4.78 is 13.2. The van der Waals surface area contributed by atoms with E-state index in [1.165, 1.54) is 6.07 Å². The molecule has 0 saturated heterocycles. The molecule has 0 fully saturated rings. The fourth-order valence-electron chi connectivity index (χ4n) is 0.890. The van der Waals surface area contributed by atoms with Crippen LogP contribution in [0.5, 0.6) is 0 Å². The summed E-state index contributed by atoms with van der Waals surface area (Å²) in [5, 5.41) is 2.90. The number of anilines is 1. The highest BCUT2D eigenvalue weighted by Gasteiger charge is 2.06. The third-order valence-electron chi connectivity index (χ3n) is 1.57. The third-order valence-corrected chi connectivity index (χ3v) is 1.87. The fraction of sp³-hybridized carbons (Fsp3) is 0.200. The molecule has 0 saturated carbocycles. The van der Waals surface area contributed by atoms with E-state index in [0.717, 1.165) is 0 Å². The van der Waals surface area contributed by atoms with Crippen LogP contribution >= 0.6 is 11.6 Å². The van der Waals surface area contributed by atoms with Crippen molar-refractivity contribution in [2.75, 3.05) is 5.32 Å². The first-order valence-corrected chi connectivity index (χ1v) is 4.19. The molecule has 1 unspecified atom stereocenters. The molecule has 0 aliphatic carbocycles. The van der Waals surface area contributed by atoms with E-state index in [1.807, 2.05) is 0 Å². The van der Waals surface area contributed by atoms with Crippen molar-refractivity contribution < 1.29 is 4.39 Å². The van der Waals surface area contributed by atoms with Gasteiger partial charge < -0.3 is 5.32 Å². The highest BCUT2D eigenvalue weighted by Crippen LogP contribution is 2.22. The molecule has 0 aromatic heterocycles. The van der Waals surface area contributed by atoms with Crippen molar-refractivity contribution in [1.82, 2.24) is 0 Å². The topological polar surface area (TPSA) is 12.0 Å². The summed E-state index contributed by atoms with van der Waals surface area (Å²) in [5.41, 5.74) is 0.331. The summed E-state index contributed by atoms with van der Waals surface area (Å²) in [7, 11) is 0. The van der Waals surface area contributed by atoms with E-state index in [0.29, 0.717) is 5.69 Å². The minimum absolute atomic E-state index is 0.0919. The number of benzene rings is 1. The lowest BCUT2D eigenvalue weighted by molar-refractivity contribution is 0.630. The van der Waals surface area contributed by atoms with E-state index in [2.05, 4.69) is 11.2 Å². The molecule has 1 atom stereocenters. The van der Waals surface area contributed by atoms with E-state index in [-0.39, 0.29) is 11.1 Å². The monoisotopic (exact) mass is 197 g/mol. The largest absolute Gasteiger partial charge is 0.369 e. The van der Waals surface area contributed by atoms with Crippen molar-refractivity contribution in [1.29, 1.82) is 0 Å². The van der Waals surface area contributed by atoms with Gasteiger partial charge in [-0.3, -0.25) is 0 Å². The van der Waals surface area contributed by atoms with Gasteiger partial charge in [0, 0.05) is 0 Å². The number of hydrogen-bond donors (Lipinski definition) is 1. The molecule has 0 spiro atoms. The smallest absolute Gasteiger partial charge is 0.164 e. The Kier molecular flexibility index (Phi) is 3.16. The molecule has 0 aliphatic heterocycles. The molecule has 68 valence electrons. The minimum atomic E-state index is -0.466. The maximum atomic E-state index is 13.2. The Hall–Kier alpha value is -1.20. The van der Waals surface area contributed by atoms with Crippen LogP contribution in [-0.2, 0) is 0 Å². The minimum Gasteiger partial charge on any atom is -0.369 e. The lowest BCUT2D eigenvalue weighted by Gasteiger charge is -2.10. The van der Waals surface area contributed by atoms with Gasteiger partial charge in [0.25, 0.3) is 0 Å². The molecule has 0 aliphatic rings. The summed E-state index contributed by atoms with van der Waals surface area (Å²) in [6.07, 6.45) is 5.14. The molecule has 0 heterocycles. The van der Waals surface area contributed by atoms with Gasteiger partial charge in [0.2, 0.25) is 0 Å². The maximum Gasteiger partial charge on any atom is 0.164 e. The van der Waals surface area contributed by atoms with Crippen LogP contribution < -0.4 is 5.32 Å². The van der Waals surface area contributed by atoms with Gasteiger partial charge in [-0.25, -0.2) is 4.39 Å². The summed E-state index contributed by atoms with van der Waals surface area (Å²) in [6, 6.07) is 4.53. The summed E-state index contributed by atoms with van der Waals surface area (Å²) in [5.74, 6) is 1.97. The molecule has 1 aromatic rings. The predicted octanol–water partition coefficient (Wildman–Crippen LogP) is 2.91. The molecule has 0 amide bonds. The van der Waals surface area contributed by atoms with Gasteiger partial charge in [-0.2, -0.15) is 0 Å². The molecular weight excluding hydrogens is 189 g/mol. The van der Waals surface area contributed by atoms with Gasteiger partial charge in [0.05, 0.1) is 16.8 Å². The summed E-state index contributed by atoms with van der Waals surface area (Å²) in [4.78, 5) is 0. The molecule has 3 heteroatoms. The van der Waals surface area contributed by atoms with E-state index >= 15 is 0 Å². The Labute approximate surface area is 81.9 Å². The number of hydrogen-bond acceptors (Lipinski definition) is 1. The molecule has 1 rings (SSSR count). The standard InChI is InChI=1S/C10H9ClFN/c1-3-7(2)13-9-6-4-5-8(11)10(9)12/h1,4-7,13H,2H3. The highest BCUT2D eigenvalue weighted by atomic mass is 35.5. The molecule has 0 bridgehead atoms. The first-order valence-electron chi connectivity index (χ1n) is 3.82. The highest BCUT2D eigenvalue weighted by molar-refractivity contribution is 6.31. The van der Waals surface area contributed by atoms with E-state index in [9.17, 15) is 4.39 Å². The zero-order valence-corrected chi connectivity index (χ0v) is 7.90. The van der Waals surface area contributed by atoms with Crippen LogP contribution in [-0.4, -0.2) is 6.04 Å². The number of terminal acetylenes is 1. The van der Waals surface area contributed by atoms with Gasteiger partial charge in [-0.1, -0.05) is 23.6 Å². The Morgan fingerprint density at radius 3 is 2.92 bits per heavy atom. The molecule has 0 radical (unpaired) electrons. The number of rotatable bonds is 2. The molecular formula is C10H9ClFN. The van der Waals surface area contributed by atoms with Gasteiger partial charge in [0.15, 0.2) is 5.82 Å². The Bertz CT molecular complexity index is 343. The van der Waals surface area contributed by atoms with Crippen LogP contribution in [0.4, 0.5) is 10.1 Å². The van der Waals surface area contributed by atoms with Crippen LogP contribution in [0.3, 0.4) is 0 Å². The van der Waals surface area contributed by atoms with Gasteiger partial charge in [-0.15, -0.1) is 6.42 Å². The number of nitrogens with one attached hydrogen (secondary N) is 1. The van der Waals surface area contributed by atoms with E-state index < -0.39 is 5.82 Å². The second kappa shape index (κ2) is 4.15. The summed E-state index contributed by atoms with van der Waals surface area (Å²) >= 11 is 5.57. The van der Waals surface area contributed by atoms with Crippen molar-refractivity contribution in [3.8, 4) is 12.3 Å². The number of halogens is 2. The quantitative estimate of drug-likeness (QED) is 0.719. The van der Waals surface area contributed by atoms with Crippen molar-refractivity contribution in [3.05, 3.63) is 29.0 Å². The average Bonchev–Trinajstić information content (AvgIpc) is 2.13. The second-order valence-corrected chi connectivity index (χ2v) is 3.04. The zero-order chi connectivity index (χ0) is 9.84. The molecule has 1 N–H and O–H groups in total. The van der Waals surface area contributed by atoms with Crippen molar-refractivity contribution in [3.63, 3.8) is 0 Å². The third kappa shape index (κ3) is 2.37. The van der Waals surface area contributed by atoms with Crippen molar-refractivity contribution >= 4 is 17.3 Å². The van der Waals surface area contributed by atoms with Crippen LogP contribution in [0.2, 0.25) is 5.02 Å². The lowest BCUT2D eigenvalue weighted by atomic mass is 10.2. The predicted molar refractivity (Wildman–Crippen MR) is 53.3 cm³/mol. The Balaban J connectivity index is 2.90. The van der Waals surface area contributed by atoms with Gasteiger partial charge in [-0.05, 0) is 19.1 Å². The first kappa shape index (κ1) is 9.88. The van der Waals surface area contributed by atoms with Gasteiger partial charge >= 0.3 is 0 Å². The normalized spacial score (nSPS) is 11.8. The second-order valence-electron chi connectivity index (χ2n) is 2.63. The van der Waals surface area contributed by atoms with E-state index in [1.54, 1.807) is 19.1 Å². The Morgan fingerprint density at radius 2 is 2.31 bits per heavy atom.